The maximum atomic E-state index is 11.7. The van der Waals surface area contributed by atoms with Crippen LogP contribution in [-0.4, -0.2) is 51.2 Å². The number of aryl methyl sites for hydroxylation is 2. The summed E-state index contributed by atoms with van der Waals surface area (Å²) in [4.78, 5) is 23.4. The zero-order valence-electron chi connectivity index (χ0n) is 29.5. The molecule has 270 valence electrons. The second-order valence-electron chi connectivity index (χ2n) is 14.4. The van der Waals surface area contributed by atoms with Crippen LogP contribution < -0.4 is 30.7 Å². The van der Waals surface area contributed by atoms with Gasteiger partial charge in [-0.2, -0.15) is 0 Å². The van der Waals surface area contributed by atoms with Crippen LogP contribution in [0.4, 0.5) is 0 Å². The number of benzene rings is 4. The molecule has 8 nitrogen and oxygen atoms in total. The van der Waals surface area contributed by atoms with Crippen LogP contribution in [0, 0.1) is 0 Å². The van der Waals surface area contributed by atoms with Gasteiger partial charge in [-0.15, -0.1) is 0 Å². The Balaban J connectivity index is 1.07. The van der Waals surface area contributed by atoms with E-state index in [0.29, 0.717) is 22.9 Å². The molecule has 2 amide bonds. The molecule has 4 aromatic carbocycles. The number of rotatable bonds is 11. The molecule has 2 heterocycles. The molecule has 4 atom stereocenters. The summed E-state index contributed by atoms with van der Waals surface area (Å²) in [5.41, 5.74) is 10.4. The molecular weight excluding hydrogens is 695 g/mol. The van der Waals surface area contributed by atoms with E-state index < -0.39 is 0 Å². The van der Waals surface area contributed by atoms with Gasteiger partial charge in [0.2, 0.25) is 11.8 Å². The predicted octanol–water partition coefficient (Wildman–Crippen LogP) is 7.72. The molecule has 0 bridgehead atoms. The average molecular weight is 740 g/mol. The predicted molar refractivity (Wildman–Crippen MR) is 206 cm³/mol. The van der Waals surface area contributed by atoms with E-state index in [2.05, 4.69) is 57.7 Å². The number of amides is 2. The lowest BCUT2D eigenvalue weighted by Gasteiger charge is -2.21. The Labute approximate surface area is 315 Å². The van der Waals surface area contributed by atoms with Crippen LogP contribution in [0.3, 0.4) is 0 Å². The van der Waals surface area contributed by atoms with E-state index in [1.165, 1.54) is 22.3 Å². The van der Waals surface area contributed by atoms with E-state index >= 15 is 0 Å². The smallest absolute Gasteiger partial charge is 0.220 e. The average Bonchev–Trinajstić information content (AvgIpc) is 3.96. The second-order valence-corrected chi connectivity index (χ2v) is 15.2. The van der Waals surface area contributed by atoms with Crippen molar-refractivity contribution in [3.8, 4) is 44.9 Å². The molecule has 0 saturated carbocycles. The van der Waals surface area contributed by atoms with Crippen LogP contribution in [0.1, 0.15) is 72.9 Å². The van der Waals surface area contributed by atoms with Crippen molar-refractivity contribution < 1.29 is 19.1 Å². The van der Waals surface area contributed by atoms with E-state index in [0.717, 1.165) is 96.5 Å². The highest BCUT2D eigenvalue weighted by molar-refractivity contribution is 6.39. The molecule has 0 spiro atoms. The van der Waals surface area contributed by atoms with Crippen molar-refractivity contribution >= 4 is 35.0 Å². The molecule has 4 aromatic rings. The van der Waals surface area contributed by atoms with Crippen LogP contribution in [0.15, 0.2) is 60.7 Å². The van der Waals surface area contributed by atoms with Gasteiger partial charge in [-0.3, -0.25) is 9.59 Å². The minimum atomic E-state index is 0.132. The molecule has 1 unspecified atom stereocenters. The van der Waals surface area contributed by atoms with Crippen molar-refractivity contribution in [2.75, 3.05) is 27.3 Å². The van der Waals surface area contributed by atoms with E-state index in [-0.39, 0.29) is 36.0 Å². The number of nitrogens with one attached hydrogen (secondary N) is 4. The fourth-order valence-corrected chi connectivity index (χ4v) is 9.35. The fraction of sp³-hybridized carbons (Fsp3) is 0.381. The molecule has 4 aliphatic rings. The van der Waals surface area contributed by atoms with Crippen molar-refractivity contribution in [3.05, 3.63) is 93.0 Å². The maximum absolute atomic E-state index is 11.7. The highest BCUT2D eigenvalue weighted by Gasteiger charge is 2.31. The Kier molecular flexibility index (Phi) is 9.92. The summed E-state index contributed by atoms with van der Waals surface area (Å²) in [6.07, 6.45) is 6.73. The van der Waals surface area contributed by atoms with Crippen LogP contribution in [-0.2, 0) is 22.4 Å². The zero-order valence-corrected chi connectivity index (χ0v) is 31.1. The first-order chi connectivity index (χ1) is 25.3. The van der Waals surface area contributed by atoms with Gasteiger partial charge >= 0.3 is 0 Å². The third-order valence-electron chi connectivity index (χ3n) is 11.3. The van der Waals surface area contributed by atoms with Crippen molar-refractivity contribution in [1.82, 2.24) is 21.3 Å². The van der Waals surface area contributed by atoms with Crippen LogP contribution in [0.25, 0.3) is 33.4 Å². The fourth-order valence-electron chi connectivity index (χ4n) is 8.67. The zero-order chi connectivity index (χ0) is 35.9. The highest BCUT2D eigenvalue weighted by atomic mass is 35.5. The third-order valence-corrected chi connectivity index (χ3v) is 12.1. The van der Waals surface area contributed by atoms with Gasteiger partial charge < -0.3 is 30.7 Å². The minimum Gasteiger partial charge on any atom is -0.496 e. The molecule has 2 fully saturated rings. The monoisotopic (exact) mass is 738 g/mol. The lowest BCUT2D eigenvalue weighted by atomic mass is 9.93. The van der Waals surface area contributed by atoms with Gasteiger partial charge in [0.1, 0.15) is 11.5 Å². The van der Waals surface area contributed by atoms with Gasteiger partial charge in [-0.1, -0.05) is 71.7 Å². The van der Waals surface area contributed by atoms with Gasteiger partial charge in [0.15, 0.2) is 0 Å². The number of hydrogen-bond acceptors (Lipinski definition) is 6. The summed E-state index contributed by atoms with van der Waals surface area (Å²) >= 11 is 14.6. The van der Waals surface area contributed by atoms with Gasteiger partial charge in [-0.05, 0) is 72.9 Å². The topological polar surface area (TPSA) is 101 Å². The Morgan fingerprint density at radius 3 is 1.42 bits per heavy atom. The van der Waals surface area contributed by atoms with Gasteiger partial charge in [0.05, 0.1) is 24.3 Å². The normalized spacial score (nSPS) is 21.9. The molecule has 2 aliphatic carbocycles. The van der Waals surface area contributed by atoms with Crippen LogP contribution in [0.2, 0.25) is 10.0 Å². The minimum absolute atomic E-state index is 0.132. The van der Waals surface area contributed by atoms with Crippen molar-refractivity contribution in [1.29, 1.82) is 0 Å². The number of carbonyl (C=O) groups is 2. The first kappa shape index (κ1) is 35.0. The van der Waals surface area contributed by atoms with E-state index in [9.17, 15) is 9.59 Å². The SMILES string of the molecule is COc1cc(-c2cccc(-c3cccc(-c4cc5c(c(OC)c4)[C@@H](NC[C@@H]4CCC(=O)N4)CC5)c3Cl)c2Cl)cc2c1C(NC[C@@H]1CCC(=O)N1)CC2. The highest BCUT2D eigenvalue weighted by Crippen LogP contribution is 2.47. The van der Waals surface area contributed by atoms with Crippen molar-refractivity contribution in [3.63, 3.8) is 0 Å². The molecular formula is C42H44Cl2N4O4. The van der Waals surface area contributed by atoms with Gasteiger partial charge in [0.25, 0.3) is 0 Å². The van der Waals surface area contributed by atoms with Crippen LogP contribution in [0.5, 0.6) is 11.5 Å². The van der Waals surface area contributed by atoms with E-state index in [1.807, 2.05) is 24.3 Å². The molecule has 10 heteroatoms. The molecule has 8 rings (SSSR count). The van der Waals surface area contributed by atoms with E-state index in [1.54, 1.807) is 14.2 Å². The summed E-state index contributed by atoms with van der Waals surface area (Å²) in [5, 5.41) is 14.7. The quantitative estimate of drug-likeness (QED) is 0.126. The lowest BCUT2D eigenvalue weighted by Crippen LogP contribution is -2.36. The summed E-state index contributed by atoms with van der Waals surface area (Å²) < 4.78 is 11.9. The number of ether oxygens (including phenoxy) is 2. The Morgan fingerprint density at radius 1 is 0.615 bits per heavy atom. The third kappa shape index (κ3) is 6.66. The number of carbonyl (C=O) groups excluding carboxylic acids is 2. The summed E-state index contributed by atoms with van der Waals surface area (Å²) in [6.45, 7) is 1.49. The number of hydrogen-bond donors (Lipinski definition) is 4. The van der Waals surface area contributed by atoms with Crippen LogP contribution >= 0.6 is 23.2 Å². The molecule has 2 saturated heterocycles. The Bertz CT molecular complexity index is 1910. The van der Waals surface area contributed by atoms with Crippen molar-refractivity contribution in [2.24, 2.45) is 0 Å². The lowest BCUT2D eigenvalue weighted by molar-refractivity contribution is -0.120. The molecule has 2 aliphatic heterocycles. The molecule has 52 heavy (non-hydrogen) atoms. The second kappa shape index (κ2) is 14.7. The van der Waals surface area contributed by atoms with E-state index in [4.69, 9.17) is 32.7 Å². The number of halogens is 2. The summed E-state index contributed by atoms with van der Waals surface area (Å²) in [6, 6.07) is 21.5. The molecule has 4 N–H and O–H groups in total. The van der Waals surface area contributed by atoms with Gasteiger partial charge in [0, 0.05) is 83.5 Å². The maximum Gasteiger partial charge on any atom is 0.220 e. The summed E-state index contributed by atoms with van der Waals surface area (Å²) in [7, 11) is 3.44. The standard InChI is InChI=1S/C42H44Cl2N4O4/c1-51-35-19-25(17-23-9-13-33(39(23)35)45-21-27-11-15-37(49)47-27)29-5-3-7-31(41(29)43)32-8-4-6-30(42(32)44)26-18-24-10-14-34(40(24)36(20-26)52-2)46-22-28-12-16-38(50)48-28/h3-8,17-20,27-28,33-34,45-46H,9-16,21-22H2,1-2H3,(H,47,49)(H,48,50)/t27-,28-,33-,34?/m0/s1. The first-order valence-corrected chi connectivity index (χ1v) is 19.1. The van der Waals surface area contributed by atoms with Crippen molar-refractivity contribution in [2.45, 2.75) is 75.5 Å². The molecule has 0 aromatic heterocycles. The molecule has 0 radical (unpaired) electrons. The largest absolute Gasteiger partial charge is 0.496 e. The Morgan fingerprint density at radius 2 is 1.04 bits per heavy atom. The number of fused-ring (bicyclic) bond motifs is 2. The summed E-state index contributed by atoms with van der Waals surface area (Å²) in [5.74, 6) is 1.94. The van der Waals surface area contributed by atoms with Gasteiger partial charge in [-0.25, -0.2) is 0 Å². The number of methoxy groups -OCH3 is 2. The Hall–Kier alpha value is -4.08. The first-order valence-electron chi connectivity index (χ1n) is 18.4.